The van der Waals surface area contributed by atoms with Crippen LogP contribution < -0.4 is 0 Å². The first kappa shape index (κ1) is 20.4. The highest BCUT2D eigenvalue weighted by Crippen LogP contribution is 2.36. The fourth-order valence-electron chi connectivity index (χ4n) is 3.95. The van der Waals surface area contributed by atoms with Crippen LogP contribution in [0.5, 0.6) is 0 Å². The van der Waals surface area contributed by atoms with Crippen LogP contribution in [0.1, 0.15) is 35.6 Å². The minimum atomic E-state index is -0.414. The molecule has 0 heterocycles. The van der Waals surface area contributed by atoms with Crippen LogP contribution in [0.25, 0.3) is 27.8 Å². The number of allylic oxidation sites excluding steroid dienone is 4. The van der Waals surface area contributed by atoms with Gasteiger partial charge >= 0.3 is 0 Å². The summed E-state index contributed by atoms with van der Waals surface area (Å²) in [6.07, 6.45) is 6.98. The molecule has 1 atom stereocenters. The summed E-state index contributed by atoms with van der Waals surface area (Å²) in [6.45, 7) is 6.25. The molecule has 0 amide bonds. The second-order valence-corrected chi connectivity index (χ2v) is 8.47. The summed E-state index contributed by atoms with van der Waals surface area (Å²) in [5, 5.41) is 18.4. The SMILES string of the molecule is Cc1ccc(C2=CCC(C)(C#N)C=C2)cc1-c1cc(-c2ccc(C#N)cc2)ccc1C. The van der Waals surface area contributed by atoms with E-state index in [2.05, 4.69) is 74.5 Å². The van der Waals surface area contributed by atoms with E-state index in [0.29, 0.717) is 5.56 Å². The van der Waals surface area contributed by atoms with Gasteiger partial charge in [-0.05, 0) is 96.0 Å². The van der Waals surface area contributed by atoms with E-state index < -0.39 is 5.41 Å². The minimum absolute atomic E-state index is 0.414. The number of rotatable bonds is 3. The summed E-state index contributed by atoms with van der Waals surface area (Å²) in [6, 6.07) is 25.4. The summed E-state index contributed by atoms with van der Waals surface area (Å²) in [5.74, 6) is 0. The molecule has 0 aromatic heterocycles. The molecule has 31 heavy (non-hydrogen) atoms. The van der Waals surface area contributed by atoms with Crippen molar-refractivity contribution >= 4 is 5.57 Å². The van der Waals surface area contributed by atoms with E-state index >= 15 is 0 Å². The zero-order chi connectivity index (χ0) is 22.0. The maximum Gasteiger partial charge on any atom is 0.0991 e. The first-order valence-electron chi connectivity index (χ1n) is 10.5. The molecule has 0 aliphatic heterocycles. The Morgan fingerprint density at radius 1 is 0.774 bits per heavy atom. The fourth-order valence-corrected chi connectivity index (χ4v) is 3.95. The molecule has 0 N–H and O–H groups in total. The van der Waals surface area contributed by atoms with E-state index in [4.69, 9.17) is 5.26 Å². The van der Waals surface area contributed by atoms with E-state index in [1.807, 2.05) is 37.3 Å². The van der Waals surface area contributed by atoms with Crippen molar-refractivity contribution in [3.8, 4) is 34.4 Å². The number of aryl methyl sites for hydroxylation is 2. The summed E-state index contributed by atoms with van der Waals surface area (Å²) in [5.41, 5.74) is 9.70. The first-order valence-corrected chi connectivity index (χ1v) is 10.5. The molecule has 0 saturated carbocycles. The highest BCUT2D eigenvalue weighted by molar-refractivity contribution is 5.82. The van der Waals surface area contributed by atoms with Crippen LogP contribution in [0.3, 0.4) is 0 Å². The summed E-state index contributed by atoms with van der Waals surface area (Å²) >= 11 is 0. The maximum absolute atomic E-state index is 9.37. The standard InChI is InChI=1S/C29H24N2/c1-20-4-8-25(23-10-6-22(18-30)7-11-23)16-27(20)28-17-26(9-5-21(28)2)24-12-14-29(3,19-31)15-13-24/h4-14,16-17H,15H2,1-3H3. The van der Waals surface area contributed by atoms with Gasteiger partial charge < -0.3 is 0 Å². The van der Waals surface area contributed by atoms with Crippen molar-refractivity contribution < 1.29 is 0 Å². The molecule has 2 heteroatoms. The lowest BCUT2D eigenvalue weighted by Gasteiger charge is -2.20. The zero-order valence-corrected chi connectivity index (χ0v) is 18.1. The van der Waals surface area contributed by atoms with Crippen LogP contribution >= 0.6 is 0 Å². The van der Waals surface area contributed by atoms with Gasteiger partial charge in [-0.25, -0.2) is 0 Å². The molecule has 150 valence electrons. The molecule has 0 fully saturated rings. The molecule has 3 aromatic carbocycles. The summed E-state index contributed by atoms with van der Waals surface area (Å²) in [4.78, 5) is 0. The van der Waals surface area contributed by atoms with Gasteiger partial charge in [-0.1, -0.05) is 54.6 Å². The smallest absolute Gasteiger partial charge is 0.0991 e. The van der Waals surface area contributed by atoms with Crippen LogP contribution in [0.4, 0.5) is 0 Å². The Balaban J connectivity index is 1.75. The lowest BCUT2D eigenvalue weighted by Crippen LogP contribution is -2.11. The molecular formula is C29H24N2. The van der Waals surface area contributed by atoms with Crippen molar-refractivity contribution in [1.29, 1.82) is 10.5 Å². The molecule has 0 radical (unpaired) electrons. The monoisotopic (exact) mass is 400 g/mol. The lowest BCUT2D eigenvalue weighted by atomic mass is 9.81. The Labute approximate surface area is 184 Å². The molecule has 4 rings (SSSR count). The molecule has 2 nitrogen and oxygen atoms in total. The molecule has 0 bridgehead atoms. The van der Waals surface area contributed by atoms with Crippen molar-refractivity contribution in [2.24, 2.45) is 5.41 Å². The van der Waals surface area contributed by atoms with E-state index in [9.17, 15) is 5.26 Å². The van der Waals surface area contributed by atoms with Gasteiger partial charge in [0.25, 0.3) is 0 Å². The van der Waals surface area contributed by atoms with E-state index in [1.165, 1.54) is 27.8 Å². The third kappa shape index (κ3) is 4.07. The van der Waals surface area contributed by atoms with Gasteiger partial charge in [-0.15, -0.1) is 0 Å². The van der Waals surface area contributed by atoms with Gasteiger partial charge in [0.05, 0.1) is 23.1 Å². The first-order chi connectivity index (χ1) is 14.9. The molecule has 0 saturated heterocycles. The van der Waals surface area contributed by atoms with Crippen LogP contribution in [-0.4, -0.2) is 0 Å². The molecule has 1 unspecified atom stereocenters. The largest absolute Gasteiger partial charge is 0.197 e. The van der Waals surface area contributed by atoms with Crippen LogP contribution in [-0.2, 0) is 0 Å². The highest BCUT2D eigenvalue weighted by Gasteiger charge is 2.22. The molecule has 1 aliphatic carbocycles. The van der Waals surface area contributed by atoms with Crippen molar-refractivity contribution in [2.75, 3.05) is 0 Å². The van der Waals surface area contributed by atoms with Gasteiger partial charge in [0, 0.05) is 0 Å². The Morgan fingerprint density at radius 3 is 1.90 bits per heavy atom. The van der Waals surface area contributed by atoms with Gasteiger partial charge in [-0.3, -0.25) is 0 Å². The zero-order valence-electron chi connectivity index (χ0n) is 18.1. The third-order valence-electron chi connectivity index (χ3n) is 6.08. The summed E-state index contributed by atoms with van der Waals surface area (Å²) < 4.78 is 0. The quantitative estimate of drug-likeness (QED) is 0.460. The second kappa shape index (κ2) is 8.10. The normalized spacial score (nSPS) is 17.5. The number of hydrogen-bond acceptors (Lipinski definition) is 2. The van der Waals surface area contributed by atoms with Gasteiger partial charge in [-0.2, -0.15) is 10.5 Å². The Bertz CT molecular complexity index is 1290. The number of nitriles is 2. The second-order valence-electron chi connectivity index (χ2n) is 8.47. The van der Waals surface area contributed by atoms with Crippen molar-refractivity contribution in [2.45, 2.75) is 27.2 Å². The van der Waals surface area contributed by atoms with Gasteiger partial charge in [0.1, 0.15) is 0 Å². The molecule has 1 aliphatic rings. The molecule has 3 aromatic rings. The van der Waals surface area contributed by atoms with Crippen molar-refractivity contribution in [3.63, 3.8) is 0 Å². The Hall–Kier alpha value is -3.88. The van der Waals surface area contributed by atoms with Crippen molar-refractivity contribution in [3.05, 3.63) is 101 Å². The van der Waals surface area contributed by atoms with E-state index in [-0.39, 0.29) is 0 Å². The molecule has 0 spiro atoms. The maximum atomic E-state index is 9.37. The number of benzene rings is 3. The van der Waals surface area contributed by atoms with Crippen molar-refractivity contribution in [1.82, 2.24) is 0 Å². The highest BCUT2D eigenvalue weighted by atomic mass is 14.3. The predicted octanol–water partition coefficient (Wildman–Crippen LogP) is 7.38. The summed E-state index contributed by atoms with van der Waals surface area (Å²) in [7, 11) is 0. The number of hydrogen-bond donors (Lipinski definition) is 0. The lowest BCUT2D eigenvalue weighted by molar-refractivity contribution is 0.575. The minimum Gasteiger partial charge on any atom is -0.197 e. The Morgan fingerprint density at radius 2 is 1.35 bits per heavy atom. The topological polar surface area (TPSA) is 47.6 Å². The van der Waals surface area contributed by atoms with E-state index in [1.54, 1.807) is 0 Å². The fraction of sp³-hybridized carbons (Fsp3) is 0.172. The third-order valence-corrected chi connectivity index (χ3v) is 6.08. The van der Waals surface area contributed by atoms with Gasteiger partial charge in [0.15, 0.2) is 0 Å². The van der Waals surface area contributed by atoms with E-state index in [0.717, 1.165) is 23.1 Å². The van der Waals surface area contributed by atoms with Crippen LogP contribution in [0.2, 0.25) is 0 Å². The number of nitrogens with zero attached hydrogens (tertiary/aromatic N) is 2. The molecular weight excluding hydrogens is 376 g/mol. The predicted molar refractivity (Wildman–Crippen MR) is 127 cm³/mol. The average molecular weight is 401 g/mol. The average Bonchev–Trinajstić information content (AvgIpc) is 2.81. The van der Waals surface area contributed by atoms with Crippen LogP contribution in [0.15, 0.2) is 78.9 Å². The Kier molecular flexibility index (Phi) is 5.33. The van der Waals surface area contributed by atoms with Gasteiger partial charge in [0.2, 0.25) is 0 Å². The van der Waals surface area contributed by atoms with Crippen LogP contribution in [0, 0.1) is 41.9 Å².